The van der Waals surface area contributed by atoms with Crippen molar-refractivity contribution in [3.8, 4) is 0 Å². The minimum atomic E-state index is -0.961. The van der Waals surface area contributed by atoms with E-state index < -0.39 is 35.9 Å². The third-order valence-corrected chi connectivity index (χ3v) is 4.09. The second-order valence-electron chi connectivity index (χ2n) is 6.45. The standard InChI is InChI=1S/C17H19ClFN3O5/c1-17(2)15(25)22(16(26)21-17)7-3-4-14(24)27-9-13(23)20-12-6-5-10(19)8-11(12)18/h5-6,8H,3-4,7,9H2,1-2H3,(H,20,23)(H,21,26). The summed E-state index contributed by atoms with van der Waals surface area (Å²) in [5, 5.41) is 4.95. The van der Waals surface area contributed by atoms with E-state index in [0.717, 1.165) is 17.0 Å². The van der Waals surface area contributed by atoms with Gasteiger partial charge >= 0.3 is 12.0 Å². The van der Waals surface area contributed by atoms with Crippen LogP contribution in [-0.4, -0.2) is 47.4 Å². The van der Waals surface area contributed by atoms with Crippen molar-refractivity contribution in [1.29, 1.82) is 0 Å². The molecule has 4 amide bonds. The van der Waals surface area contributed by atoms with Crippen LogP contribution in [0.5, 0.6) is 0 Å². The van der Waals surface area contributed by atoms with Gasteiger partial charge in [-0.2, -0.15) is 0 Å². The zero-order valence-electron chi connectivity index (χ0n) is 14.8. The monoisotopic (exact) mass is 399 g/mol. The highest BCUT2D eigenvalue weighted by Gasteiger charge is 2.43. The summed E-state index contributed by atoms with van der Waals surface area (Å²) in [5.41, 5.74) is -0.766. The van der Waals surface area contributed by atoms with E-state index in [2.05, 4.69) is 10.6 Å². The van der Waals surface area contributed by atoms with Gasteiger partial charge in [0.05, 0.1) is 10.7 Å². The Morgan fingerprint density at radius 3 is 2.63 bits per heavy atom. The van der Waals surface area contributed by atoms with Crippen molar-refractivity contribution in [3.63, 3.8) is 0 Å². The van der Waals surface area contributed by atoms with E-state index in [-0.39, 0.29) is 36.0 Å². The summed E-state index contributed by atoms with van der Waals surface area (Å²) in [6.07, 6.45) is 0.140. The normalized spacial score (nSPS) is 15.5. The molecule has 1 heterocycles. The zero-order valence-corrected chi connectivity index (χ0v) is 15.6. The largest absolute Gasteiger partial charge is 0.456 e. The molecule has 1 fully saturated rings. The predicted molar refractivity (Wildman–Crippen MR) is 94.6 cm³/mol. The molecule has 10 heteroatoms. The zero-order chi connectivity index (χ0) is 20.2. The third kappa shape index (κ3) is 5.40. The number of amides is 4. The van der Waals surface area contributed by atoms with Crippen molar-refractivity contribution in [2.45, 2.75) is 32.2 Å². The SMILES string of the molecule is CC1(C)NC(=O)N(CCCC(=O)OCC(=O)Nc2ccc(F)cc2Cl)C1=O. The number of carbonyl (C=O) groups excluding carboxylic acids is 4. The maximum atomic E-state index is 12.9. The molecule has 1 aromatic carbocycles. The molecular formula is C17H19ClFN3O5. The highest BCUT2D eigenvalue weighted by atomic mass is 35.5. The molecule has 0 spiro atoms. The van der Waals surface area contributed by atoms with Crippen LogP contribution in [0.3, 0.4) is 0 Å². The van der Waals surface area contributed by atoms with E-state index in [0.29, 0.717) is 0 Å². The number of nitrogens with one attached hydrogen (secondary N) is 2. The van der Waals surface area contributed by atoms with E-state index in [1.54, 1.807) is 13.8 Å². The van der Waals surface area contributed by atoms with E-state index in [9.17, 15) is 23.6 Å². The first-order chi connectivity index (χ1) is 12.6. The number of anilines is 1. The molecule has 1 aliphatic heterocycles. The van der Waals surface area contributed by atoms with Gasteiger partial charge in [-0.1, -0.05) is 11.6 Å². The molecule has 0 unspecified atom stereocenters. The van der Waals surface area contributed by atoms with E-state index in [4.69, 9.17) is 16.3 Å². The van der Waals surface area contributed by atoms with E-state index >= 15 is 0 Å². The minimum absolute atomic E-state index is 0.0196. The van der Waals surface area contributed by atoms with Gasteiger partial charge in [0.25, 0.3) is 11.8 Å². The number of imide groups is 1. The quantitative estimate of drug-likeness (QED) is 0.539. The number of rotatable bonds is 7. The molecule has 146 valence electrons. The Labute approximate surface area is 160 Å². The number of ether oxygens (including phenoxy) is 1. The van der Waals surface area contributed by atoms with Gasteiger partial charge in [-0.3, -0.25) is 19.3 Å². The van der Waals surface area contributed by atoms with E-state index in [1.807, 2.05) is 0 Å². The number of carbonyl (C=O) groups is 4. The fourth-order valence-corrected chi connectivity index (χ4v) is 2.61. The number of esters is 1. The molecule has 1 aliphatic rings. The fourth-order valence-electron chi connectivity index (χ4n) is 2.40. The molecule has 27 heavy (non-hydrogen) atoms. The van der Waals surface area contributed by atoms with Gasteiger partial charge in [-0.15, -0.1) is 0 Å². The lowest BCUT2D eigenvalue weighted by Gasteiger charge is -2.15. The van der Waals surface area contributed by atoms with Gasteiger partial charge in [0.1, 0.15) is 11.4 Å². The molecular weight excluding hydrogens is 381 g/mol. The second-order valence-corrected chi connectivity index (χ2v) is 6.86. The lowest BCUT2D eigenvalue weighted by molar-refractivity contribution is -0.147. The number of nitrogens with zero attached hydrogens (tertiary/aromatic N) is 1. The molecule has 2 rings (SSSR count). The molecule has 1 saturated heterocycles. The van der Waals surface area contributed by atoms with Crippen LogP contribution in [0.2, 0.25) is 5.02 Å². The Morgan fingerprint density at radius 1 is 1.33 bits per heavy atom. The smallest absolute Gasteiger partial charge is 0.325 e. The Hall–Kier alpha value is -2.68. The second kappa shape index (κ2) is 8.34. The van der Waals surface area contributed by atoms with Crippen LogP contribution < -0.4 is 10.6 Å². The van der Waals surface area contributed by atoms with Crippen molar-refractivity contribution in [2.24, 2.45) is 0 Å². The summed E-state index contributed by atoms with van der Waals surface area (Å²) in [6, 6.07) is 2.95. The Kier molecular flexibility index (Phi) is 6.37. The number of hydrogen-bond acceptors (Lipinski definition) is 5. The van der Waals surface area contributed by atoms with Crippen LogP contribution >= 0.6 is 11.6 Å². The van der Waals surface area contributed by atoms with Gasteiger partial charge in [-0.25, -0.2) is 9.18 Å². The molecule has 0 aliphatic carbocycles. The first kappa shape index (κ1) is 20.6. The molecule has 2 N–H and O–H groups in total. The first-order valence-corrected chi connectivity index (χ1v) is 8.52. The number of hydrogen-bond donors (Lipinski definition) is 2. The van der Waals surface area contributed by atoms with Crippen molar-refractivity contribution < 1.29 is 28.3 Å². The Morgan fingerprint density at radius 2 is 2.04 bits per heavy atom. The van der Waals surface area contributed by atoms with Crippen LogP contribution in [-0.2, 0) is 19.1 Å². The summed E-state index contributed by atoms with van der Waals surface area (Å²) in [6.45, 7) is 2.71. The summed E-state index contributed by atoms with van der Waals surface area (Å²) >= 11 is 5.78. The van der Waals surface area contributed by atoms with E-state index in [1.165, 1.54) is 6.07 Å². The van der Waals surface area contributed by atoms with Gasteiger partial charge < -0.3 is 15.4 Å². The van der Waals surface area contributed by atoms with Crippen molar-refractivity contribution in [3.05, 3.63) is 29.0 Å². The molecule has 0 atom stereocenters. The van der Waals surface area contributed by atoms with Gasteiger partial charge in [0, 0.05) is 13.0 Å². The van der Waals surface area contributed by atoms with Crippen LogP contribution in [0.4, 0.5) is 14.9 Å². The Balaban J connectivity index is 1.71. The summed E-state index contributed by atoms with van der Waals surface area (Å²) in [7, 11) is 0. The average molecular weight is 400 g/mol. The molecule has 0 bridgehead atoms. The summed E-state index contributed by atoms with van der Waals surface area (Å²) in [4.78, 5) is 48.2. The summed E-state index contributed by atoms with van der Waals surface area (Å²) < 4.78 is 17.8. The van der Waals surface area contributed by atoms with Crippen LogP contribution in [0.15, 0.2) is 18.2 Å². The van der Waals surface area contributed by atoms with Crippen molar-refractivity contribution in [2.75, 3.05) is 18.5 Å². The average Bonchev–Trinajstić information content (AvgIpc) is 2.77. The first-order valence-electron chi connectivity index (χ1n) is 8.15. The highest BCUT2D eigenvalue weighted by molar-refractivity contribution is 6.33. The molecule has 8 nitrogen and oxygen atoms in total. The summed E-state index contributed by atoms with van der Waals surface area (Å²) in [5.74, 6) is -2.19. The lowest BCUT2D eigenvalue weighted by atomic mass is 10.1. The number of benzene rings is 1. The number of halogens is 2. The molecule has 1 aromatic rings. The Bertz CT molecular complexity index is 784. The molecule has 0 aromatic heterocycles. The van der Waals surface area contributed by atoms with Gasteiger partial charge in [-0.05, 0) is 38.5 Å². The molecule has 0 radical (unpaired) electrons. The fraction of sp³-hybridized carbons (Fsp3) is 0.412. The van der Waals surface area contributed by atoms with Crippen LogP contribution in [0.25, 0.3) is 0 Å². The van der Waals surface area contributed by atoms with Crippen molar-refractivity contribution >= 4 is 41.1 Å². The topological polar surface area (TPSA) is 105 Å². The van der Waals surface area contributed by atoms with Gasteiger partial charge in [0.2, 0.25) is 0 Å². The lowest BCUT2D eigenvalue weighted by Crippen LogP contribution is -2.40. The number of urea groups is 1. The maximum absolute atomic E-state index is 12.9. The van der Waals surface area contributed by atoms with Gasteiger partial charge in [0.15, 0.2) is 6.61 Å². The maximum Gasteiger partial charge on any atom is 0.325 e. The predicted octanol–water partition coefficient (Wildman–Crippen LogP) is 2.07. The van der Waals surface area contributed by atoms with Crippen LogP contribution in [0, 0.1) is 5.82 Å². The van der Waals surface area contributed by atoms with Crippen LogP contribution in [0.1, 0.15) is 26.7 Å². The molecule has 0 saturated carbocycles. The highest BCUT2D eigenvalue weighted by Crippen LogP contribution is 2.22. The minimum Gasteiger partial charge on any atom is -0.456 e. The van der Waals surface area contributed by atoms with Crippen molar-refractivity contribution in [1.82, 2.24) is 10.2 Å². The third-order valence-electron chi connectivity index (χ3n) is 3.78.